The molecule has 1 unspecified atom stereocenters. The van der Waals surface area contributed by atoms with Gasteiger partial charge in [-0.25, -0.2) is 4.98 Å². The normalized spacial score (nSPS) is 17.2. The van der Waals surface area contributed by atoms with Crippen molar-refractivity contribution in [3.8, 4) is 0 Å². The number of anilines is 1. The average molecular weight is 376 g/mol. The van der Waals surface area contributed by atoms with E-state index >= 15 is 0 Å². The molecule has 3 heterocycles. The average Bonchev–Trinajstić information content (AvgIpc) is 3.18. The molecule has 2 aromatic heterocycles. The zero-order chi connectivity index (χ0) is 18.8. The van der Waals surface area contributed by atoms with Crippen LogP contribution in [0.15, 0.2) is 10.9 Å². The van der Waals surface area contributed by atoms with Gasteiger partial charge in [-0.15, -0.1) is 10.2 Å². The van der Waals surface area contributed by atoms with Gasteiger partial charge in [-0.05, 0) is 6.92 Å². The van der Waals surface area contributed by atoms with E-state index in [9.17, 15) is 14.4 Å². The van der Waals surface area contributed by atoms with Crippen LogP contribution in [0.5, 0.6) is 0 Å². The summed E-state index contributed by atoms with van der Waals surface area (Å²) in [5.41, 5.74) is 0.215. The van der Waals surface area contributed by atoms with E-state index in [4.69, 9.17) is 0 Å². The van der Waals surface area contributed by atoms with Crippen molar-refractivity contribution in [3.63, 3.8) is 0 Å². The smallest absolute Gasteiger partial charge is 0.251 e. The summed E-state index contributed by atoms with van der Waals surface area (Å²) in [6.07, 6.45) is 0.129. The first-order valence-electron chi connectivity index (χ1n) is 8.32. The first-order chi connectivity index (χ1) is 12.3. The maximum Gasteiger partial charge on any atom is 0.251 e. The molecule has 1 aliphatic rings. The maximum absolute atomic E-state index is 12.4. The minimum absolute atomic E-state index is 0.129. The molecule has 10 heteroatoms. The van der Waals surface area contributed by atoms with Crippen molar-refractivity contribution in [2.24, 2.45) is 5.92 Å². The zero-order valence-electron chi connectivity index (χ0n) is 14.8. The van der Waals surface area contributed by atoms with Crippen LogP contribution < -0.4 is 15.8 Å². The summed E-state index contributed by atoms with van der Waals surface area (Å²) in [4.78, 5) is 44.3. The molecule has 3 rings (SSSR count). The molecular formula is C16H20N6O3S. The fourth-order valence-corrected chi connectivity index (χ4v) is 3.56. The van der Waals surface area contributed by atoms with Gasteiger partial charge in [-0.1, -0.05) is 25.2 Å². The maximum atomic E-state index is 12.4. The quantitative estimate of drug-likeness (QED) is 0.793. The van der Waals surface area contributed by atoms with E-state index in [2.05, 4.69) is 25.5 Å². The number of aromatic amines is 1. The first kappa shape index (κ1) is 18.2. The zero-order valence-corrected chi connectivity index (χ0v) is 15.6. The van der Waals surface area contributed by atoms with Gasteiger partial charge in [0, 0.05) is 24.9 Å². The lowest BCUT2D eigenvalue weighted by Crippen LogP contribution is -2.33. The number of hydrogen-bond donors (Lipinski definition) is 2. The fraction of sp³-hybridized carbons (Fsp3) is 0.500. The van der Waals surface area contributed by atoms with Gasteiger partial charge in [-0.3, -0.25) is 19.3 Å². The van der Waals surface area contributed by atoms with Crippen molar-refractivity contribution in [1.82, 2.24) is 25.5 Å². The summed E-state index contributed by atoms with van der Waals surface area (Å²) >= 11 is 1.37. The molecule has 0 spiro atoms. The SMILES string of the molecule is Cc1nc(CNC(=O)C2CC(=O)N(c3nnc(C(C)C)s3)C2)cc(=O)[nH]1. The standard InChI is InChI=1S/C16H20N6O3S/c1-8(2)15-20-21-16(26-15)22-7-10(4-13(22)24)14(25)17-6-11-5-12(23)19-9(3)18-11/h5,8,10H,4,6-7H2,1-3H3,(H,17,25)(H,18,19,23). The number of H-pyrrole nitrogens is 1. The highest BCUT2D eigenvalue weighted by atomic mass is 32.1. The molecule has 1 atom stereocenters. The van der Waals surface area contributed by atoms with Gasteiger partial charge in [0.05, 0.1) is 18.2 Å². The number of aryl methyl sites for hydroxylation is 1. The lowest BCUT2D eigenvalue weighted by Gasteiger charge is -2.12. The molecule has 0 aliphatic carbocycles. The summed E-state index contributed by atoms with van der Waals surface area (Å²) in [6.45, 7) is 6.12. The monoisotopic (exact) mass is 376 g/mol. The summed E-state index contributed by atoms with van der Waals surface area (Å²) in [7, 11) is 0. The molecule has 0 bridgehead atoms. The largest absolute Gasteiger partial charge is 0.350 e. The molecule has 0 radical (unpaired) electrons. The van der Waals surface area contributed by atoms with Gasteiger partial charge in [0.15, 0.2) is 0 Å². The summed E-state index contributed by atoms with van der Waals surface area (Å²) < 4.78 is 0. The lowest BCUT2D eigenvalue weighted by molar-refractivity contribution is -0.126. The van der Waals surface area contributed by atoms with Crippen LogP contribution in [-0.4, -0.2) is 38.5 Å². The van der Waals surface area contributed by atoms with Crippen LogP contribution in [0.25, 0.3) is 0 Å². The minimum Gasteiger partial charge on any atom is -0.350 e. The molecule has 2 aromatic rings. The molecule has 1 fully saturated rings. The Bertz CT molecular complexity index is 890. The van der Waals surface area contributed by atoms with Crippen molar-refractivity contribution in [2.75, 3.05) is 11.4 Å². The van der Waals surface area contributed by atoms with Gasteiger partial charge in [-0.2, -0.15) is 0 Å². The molecular weight excluding hydrogens is 356 g/mol. The van der Waals surface area contributed by atoms with Gasteiger partial charge < -0.3 is 10.3 Å². The predicted molar refractivity (Wildman–Crippen MR) is 95.9 cm³/mol. The van der Waals surface area contributed by atoms with E-state index in [-0.39, 0.29) is 42.8 Å². The van der Waals surface area contributed by atoms with Crippen molar-refractivity contribution in [3.05, 3.63) is 32.9 Å². The molecule has 0 aromatic carbocycles. The Kier molecular flexibility index (Phi) is 5.12. The highest BCUT2D eigenvalue weighted by Gasteiger charge is 2.36. The number of rotatable bonds is 5. The van der Waals surface area contributed by atoms with E-state index in [1.54, 1.807) is 6.92 Å². The molecule has 1 saturated heterocycles. The van der Waals surface area contributed by atoms with Crippen molar-refractivity contribution >= 4 is 28.3 Å². The van der Waals surface area contributed by atoms with Gasteiger partial charge in [0.2, 0.25) is 16.9 Å². The minimum atomic E-state index is -0.461. The van der Waals surface area contributed by atoms with Gasteiger partial charge >= 0.3 is 0 Å². The molecule has 1 aliphatic heterocycles. The first-order valence-corrected chi connectivity index (χ1v) is 9.13. The number of carbonyl (C=O) groups is 2. The van der Waals surface area contributed by atoms with E-state index < -0.39 is 5.92 Å². The van der Waals surface area contributed by atoms with E-state index in [0.717, 1.165) is 5.01 Å². The van der Waals surface area contributed by atoms with Crippen LogP contribution in [0.3, 0.4) is 0 Å². The molecule has 2 N–H and O–H groups in total. The van der Waals surface area contributed by atoms with Gasteiger partial charge in [0.1, 0.15) is 10.8 Å². The van der Waals surface area contributed by atoms with Crippen LogP contribution in [-0.2, 0) is 16.1 Å². The van der Waals surface area contributed by atoms with Crippen LogP contribution >= 0.6 is 11.3 Å². The number of aromatic nitrogens is 4. The molecule has 0 saturated carbocycles. The summed E-state index contributed by atoms with van der Waals surface area (Å²) in [5.74, 6) is -0.114. The molecule has 26 heavy (non-hydrogen) atoms. The second kappa shape index (κ2) is 7.32. The van der Waals surface area contributed by atoms with E-state index in [0.29, 0.717) is 16.6 Å². The number of nitrogens with zero attached hydrogens (tertiary/aromatic N) is 4. The Hall–Kier alpha value is -2.62. The topological polar surface area (TPSA) is 121 Å². The van der Waals surface area contributed by atoms with Crippen LogP contribution in [0.4, 0.5) is 5.13 Å². The van der Waals surface area contributed by atoms with E-state index in [1.165, 1.54) is 22.3 Å². The Morgan fingerprint density at radius 1 is 1.42 bits per heavy atom. The number of amides is 2. The Morgan fingerprint density at radius 2 is 2.19 bits per heavy atom. The van der Waals surface area contributed by atoms with Crippen LogP contribution in [0.1, 0.15) is 42.7 Å². The number of carbonyl (C=O) groups excluding carboxylic acids is 2. The van der Waals surface area contributed by atoms with Crippen molar-refractivity contribution < 1.29 is 9.59 Å². The Labute approximate surface area is 153 Å². The molecule has 2 amide bonds. The van der Waals surface area contributed by atoms with E-state index in [1.807, 2.05) is 13.8 Å². The Morgan fingerprint density at radius 3 is 2.85 bits per heavy atom. The summed E-state index contributed by atoms with van der Waals surface area (Å²) in [6, 6.07) is 1.34. The fourth-order valence-electron chi connectivity index (χ4n) is 2.69. The van der Waals surface area contributed by atoms with Crippen molar-refractivity contribution in [1.29, 1.82) is 0 Å². The third-order valence-electron chi connectivity index (χ3n) is 4.01. The highest BCUT2D eigenvalue weighted by Crippen LogP contribution is 2.30. The van der Waals surface area contributed by atoms with Gasteiger partial charge in [0.25, 0.3) is 5.56 Å². The third kappa shape index (κ3) is 3.96. The molecule has 9 nitrogen and oxygen atoms in total. The second-order valence-electron chi connectivity index (χ2n) is 6.52. The second-order valence-corrected chi connectivity index (χ2v) is 7.51. The Balaban J connectivity index is 1.62. The lowest BCUT2D eigenvalue weighted by atomic mass is 10.1. The van der Waals surface area contributed by atoms with Crippen LogP contribution in [0, 0.1) is 12.8 Å². The highest BCUT2D eigenvalue weighted by molar-refractivity contribution is 7.15. The third-order valence-corrected chi connectivity index (χ3v) is 5.25. The number of nitrogens with one attached hydrogen (secondary N) is 2. The molecule has 138 valence electrons. The van der Waals surface area contributed by atoms with Crippen molar-refractivity contribution in [2.45, 2.75) is 39.7 Å². The summed E-state index contributed by atoms with van der Waals surface area (Å²) in [5, 5.41) is 12.3. The van der Waals surface area contributed by atoms with Crippen LogP contribution in [0.2, 0.25) is 0 Å². The predicted octanol–water partition coefficient (Wildman–Crippen LogP) is 0.723. The number of hydrogen-bond acceptors (Lipinski definition) is 7.